The fourth-order valence-corrected chi connectivity index (χ4v) is 2.42. The second kappa shape index (κ2) is 10.9. The van der Waals surface area contributed by atoms with E-state index in [-0.39, 0.29) is 25.6 Å². The van der Waals surface area contributed by atoms with Crippen LogP contribution >= 0.6 is 0 Å². The van der Waals surface area contributed by atoms with Crippen molar-refractivity contribution in [2.24, 2.45) is 5.41 Å². The van der Waals surface area contributed by atoms with Crippen LogP contribution in [0, 0.1) is 5.41 Å². The van der Waals surface area contributed by atoms with E-state index in [0.29, 0.717) is 13.0 Å². The smallest absolute Gasteiger partial charge is 0.305 e. The van der Waals surface area contributed by atoms with Crippen LogP contribution in [0.3, 0.4) is 0 Å². The molecule has 0 bridgehead atoms. The third-order valence-electron chi connectivity index (χ3n) is 4.28. The molecule has 1 saturated heterocycles. The molecule has 136 valence electrons. The molecule has 1 heterocycles. The van der Waals surface area contributed by atoms with Gasteiger partial charge in [0.05, 0.1) is 31.8 Å². The molecule has 0 aliphatic carbocycles. The molecule has 8 nitrogen and oxygen atoms in total. The van der Waals surface area contributed by atoms with Crippen molar-refractivity contribution in [1.82, 2.24) is 9.80 Å². The number of hydrogen-bond donors (Lipinski definition) is 4. The highest BCUT2D eigenvalue weighted by atomic mass is 16.5. The molecule has 0 aromatic heterocycles. The number of aliphatic hydroxyl groups excluding tert-OH is 4. The number of esters is 1. The molecule has 23 heavy (non-hydrogen) atoms. The second-order valence-corrected chi connectivity index (χ2v) is 6.15. The highest BCUT2D eigenvalue weighted by Gasteiger charge is 2.30. The van der Waals surface area contributed by atoms with Crippen LogP contribution in [0.4, 0.5) is 0 Å². The van der Waals surface area contributed by atoms with Crippen molar-refractivity contribution in [1.29, 1.82) is 0 Å². The largest absolute Gasteiger partial charge is 0.465 e. The molecule has 0 atom stereocenters. The number of β-amino-alcohol motifs (C(OH)–C–C–N with tert-alkyl or cyclic N) is 1. The molecule has 0 saturated carbocycles. The summed E-state index contributed by atoms with van der Waals surface area (Å²) in [6.45, 7) is 3.92. The maximum atomic E-state index is 11.7. The summed E-state index contributed by atoms with van der Waals surface area (Å²) >= 11 is 0. The predicted molar refractivity (Wildman–Crippen MR) is 83.8 cm³/mol. The summed E-state index contributed by atoms with van der Waals surface area (Å²) in [6, 6.07) is 0. The highest BCUT2D eigenvalue weighted by Crippen LogP contribution is 2.15. The zero-order valence-corrected chi connectivity index (χ0v) is 13.7. The van der Waals surface area contributed by atoms with Gasteiger partial charge in [0.15, 0.2) is 0 Å². The topological polar surface area (TPSA) is 114 Å². The predicted octanol–water partition coefficient (Wildman–Crippen LogP) is -2.12. The van der Waals surface area contributed by atoms with Gasteiger partial charge in [0.2, 0.25) is 0 Å². The number of hydrogen-bond acceptors (Lipinski definition) is 8. The molecule has 0 amide bonds. The molecule has 0 spiro atoms. The minimum absolute atomic E-state index is 0.183. The summed E-state index contributed by atoms with van der Waals surface area (Å²) in [5.74, 6) is -0.386. The lowest BCUT2D eigenvalue weighted by atomic mass is 9.93. The van der Waals surface area contributed by atoms with Gasteiger partial charge in [0, 0.05) is 39.1 Å². The van der Waals surface area contributed by atoms with E-state index in [1.165, 1.54) is 0 Å². The van der Waals surface area contributed by atoms with Crippen LogP contribution in [0.1, 0.15) is 12.8 Å². The van der Waals surface area contributed by atoms with Crippen molar-refractivity contribution in [3.8, 4) is 0 Å². The first-order valence-electron chi connectivity index (χ1n) is 8.13. The van der Waals surface area contributed by atoms with E-state index < -0.39 is 25.2 Å². The Morgan fingerprint density at radius 2 is 1.43 bits per heavy atom. The molecule has 1 rings (SSSR count). The normalized spacial score (nSPS) is 17.4. The second-order valence-electron chi connectivity index (χ2n) is 6.15. The van der Waals surface area contributed by atoms with Crippen molar-refractivity contribution in [3.05, 3.63) is 0 Å². The maximum absolute atomic E-state index is 11.7. The summed E-state index contributed by atoms with van der Waals surface area (Å²) in [5.41, 5.74) is -1.17. The first kappa shape index (κ1) is 20.3. The number of rotatable bonds is 11. The van der Waals surface area contributed by atoms with Gasteiger partial charge in [-0.15, -0.1) is 0 Å². The molecule has 1 aliphatic rings. The van der Waals surface area contributed by atoms with Crippen LogP contribution in [-0.4, -0.2) is 108 Å². The lowest BCUT2D eigenvalue weighted by molar-refractivity contribution is -0.151. The monoisotopic (exact) mass is 334 g/mol. The molecule has 0 unspecified atom stereocenters. The minimum atomic E-state index is -1.17. The van der Waals surface area contributed by atoms with E-state index in [0.717, 1.165) is 32.7 Å². The van der Waals surface area contributed by atoms with Gasteiger partial charge in [-0.3, -0.25) is 9.69 Å². The Balaban J connectivity index is 2.15. The van der Waals surface area contributed by atoms with E-state index in [4.69, 9.17) is 25.2 Å². The van der Waals surface area contributed by atoms with Gasteiger partial charge in [0.25, 0.3) is 0 Å². The van der Waals surface area contributed by atoms with Crippen LogP contribution in [0.15, 0.2) is 0 Å². The standard InChI is InChI=1S/C15H30N2O6/c18-9-8-17-6-4-16(5-7-17)3-1-2-14(22)23-13-15(10-19,11-20)12-21/h18-21H,1-13H2. The third kappa shape index (κ3) is 7.11. The Hall–Kier alpha value is -0.770. The van der Waals surface area contributed by atoms with Crippen molar-refractivity contribution in [2.75, 3.05) is 72.3 Å². The van der Waals surface area contributed by atoms with Crippen molar-refractivity contribution >= 4 is 5.97 Å². The number of nitrogens with zero attached hydrogens (tertiary/aromatic N) is 2. The van der Waals surface area contributed by atoms with Gasteiger partial charge in [-0.2, -0.15) is 0 Å². The lowest BCUT2D eigenvalue weighted by Crippen LogP contribution is -2.47. The molecule has 0 aromatic rings. The number of piperazine rings is 1. The van der Waals surface area contributed by atoms with Gasteiger partial charge in [-0.25, -0.2) is 0 Å². The molecule has 4 N–H and O–H groups in total. The number of aliphatic hydroxyl groups is 4. The summed E-state index contributed by atoms with van der Waals surface area (Å²) in [7, 11) is 0. The molecule has 0 aromatic carbocycles. The fraction of sp³-hybridized carbons (Fsp3) is 0.933. The molecule has 8 heteroatoms. The summed E-state index contributed by atoms with van der Waals surface area (Å²) in [4.78, 5) is 16.2. The van der Waals surface area contributed by atoms with E-state index in [1.54, 1.807) is 0 Å². The van der Waals surface area contributed by atoms with Gasteiger partial charge >= 0.3 is 5.97 Å². The Morgan fingerprint density at radius 1 is 0.913 bits per heavy atom. The zero-order chi connectivity index (χ0) is 17.1. The Kier molecular flexibility index (Phi) is 9.61. The third-order valence-corrected chi connectivity index (χ3v) is 4.28. The number of ether oxygens (including phenoxy) is 1. The van der Waals surface area contributed by atoms with E-state index in [2.05, 4.69) is 9.80 Å². The van der Waals surface area contributed by atoms with E-state index >= 15 is 0 Å². The van der Waals surface area contributed by atoms with Crippen molar-refractivity contribution in [2.45, 2.75) is 12.8 Å². The average molecular weight is 334 g/mol. The fourth-order valence-electron chi connectivity index (χ4n) is 2.42. The maximum Gasteiger partial charge on any atom is 0.305 e. The van der Waals surface area contributed by atoms with Crippen LogP contribution in [0.25, 0.3) is 0 Å². The minimum Gasteiger partial charge on any atom is -0.465 e. The summed E-state index contributed by atoms with van der Waals surface area (Å²) in [6.07, 6.45) is 0.957. The molecular formula is C15H30N2O6. The van der Waals surface area contributed by atoms with Crippen molar-refractivity contribution < 1.29 is 30.0 Å². The molecular weight excluding hydrogens is 304 g/mol. The molecule has 0 radical (unpaired) electrons. The zero-order valence-electron chi connectivity index (χ0n) is 13.7. The van der Waals surface area contributed by atoms with Gasteiger partial charge in [-0.05, 0) is 13.0 Å². The summed E-state index contributed by atoms with van der Waals surface area (Å²) < 4.78 is 5.05. The quantitative estimate of drug-likeness (QED) is 0.317. The van der Waals surface area contributed by atoms with E-state index in [9.17, 15) is 4.79 Å². The lowest BCUT2D eigenvalue weighted by Gasteiger charge is -2.34. The highest BCUT2D eigenvalue weighted by molar-refractivity contribution is 5.69. The number of carbonyl (C=O) groups excluding carboxylic acids is 1. The van der Waals surface area contributed by atoms with E-state index in [1.807, 2.05) is 0 Å². The molecule has 1 aliphatic heterocycles. The summed E-state index contributed by atoms with van der Waals surface area (Å²) in [5, 5.41) is 36.4. The Morgan fingerprint density at radius 3 is 1.91 bits per heavy atom. The van der Waals surface area contributed by atoms with Crippen LogP contribution in [0.5, 0.6) is 0 Å². The van der Waals surface area contributed by atoms with Gasteiger partial charge in [-0.1, -0.05) is 0 Å². The first-order valence-corrected chi connectivity index (χ1v) is 8.13. The Labute approximate surface area is 137 Å². The van der Waals surface area contributed by atoms with Gasteiger partial charge in [0.1, 0.15) is 6.61 Å². The molecule has 1 fully saturated rings. The first-order chi connectivity index (χ1) is 11.1. The van der Waals surface area contributed by atoms with Crippen LogP contribution in [-0.2, 0) is 9.53 Å². The van der Waals surface area contributed by atoms with Crippen LogP contribution in [0.2, 0.25) is 0 Å². The Bertz CT molecular complexity index is 322. The average Bonchev–Trinajstić information content (AvgIpc) is 2.58. The van der Waals surface area contributed by atoms with Crippen molar-refractivity contribution in [3.63, 3.8) is 0 Å². The number of carbonyl (C=O) groups is 1. The van der Waals surface area contributed by atoms with Crippen LogP contribution < -0.4 is 0 Å². The SMILES string of the molecule is O=C(CCCN1CCN(CCO)CC1)OCC(CO)(CO)CO. The van der Waals surface area contributed by atoms with Gasteiger partial charge < -0.3 is 30.1 Å².